The highest BCUT2D eigenvalue weighted by Gasteiger charge is 2.28. The summed E-state index contributed by atoms with van der Waals surface area (Å²) in [4.78, 5) is 0. The van der Waals surface area contributed by atoms with E-state index in [-0.39, 0.29) is 5.41 Å². The molecule has 3 rings (SSSR count). The molecule has 2 aromatic rings. The minimum atomic E-state index is 0.0305. The van der Waals surface area contributed by atoms with Gasteiger partial charge in [0.25, 0.3) is 0 Å². The van der Waals surface area contributed by atoms with Crippen LogP contribution in [0.2, 0.25) is 0 Å². The van der Waals surface area contributed by atoms with Crippen LogP contribution in [0.15, 0.2) is 6.20 Å². The Morgan fingerprint density at radius 3 is 2.88 bits per heavy atom. The number of fused-ring (bicyclic) bond motifs is 3. The van der Waals surface area contributed by atoms with Crippen LogP contribution >= 0.6 is 0 Å². The molecule has 0 aliphatic carbocycles. The molecule has 0 unspecified atom stereocenters. The van der Waals surface area contributed by atoms with Gasteiger partial charge in [0, 0.05) is 17.5 Å². The molecule has 0 bridgehead atoms. The molecule has 0 spiro atoms. The Kier molecular flexibility index (Phi) is 1.75. The van der Waals surface area contributed by atoms with Crippen molar-refractivity contribution in [1.82, 2.24) is 25.0 Å². The predicted octanol–water partition coefficient (Wildman–Crippen LogP) is 1.52. The third kappa shape index (κ3) is 1.20. The Morgan fingerprint density at radius 1 is 1.31 bits per heavy atom. The Balaban J connectivity index is 2.20. The van der Waals surface area contributed by atoms with Gasteiger partial charge < -0.3 is 4.57 Å². The van der Waals surface area contributed by atoms with Crippen molar-refractivity contribution in [2.45, 2.75) is 39.2 Å². The number of H-pyrrole nitrogens is 1. The topological polar surface area (TPSA) is 59.4 Å². The zero-order valence-corrected chi connectivity index (χ0v) is 9.78. The fraction of sp³-hybridized carbons (Fsp3) is 0.545. The summed E-state index contributed by atoms with van der Waals surface area (Å²) >= 11 is 0. The van der Waals surface area contributed by atoms with Crippen LogP contribution in [0.5, 0.6) is 0 Å². The van der Waals surface area contributed by atoms with Gasteiger partial charge in [0.2, 0.25) is 0 Å². The van der Waals surface area contributed by atoms with E-state index in [1.54, 1.807) is 0 Å². The molecule has 0 saturated carbocycles. The van der Waals surface area contributed by atoms with Crippen molar-refractivity contribution in [3.8, 4) is 11.5 Å². The highest BCUT2D eigenvalue weighted by molar-refractivity contribution is 5.56. The predicted molar refractivity (Wildman–Crippen MR) is 60.0 cm³/mol. The zero-order chi connectivity index (χ0) is 11.3. The maximum atomic E-state index is 4.31. The number of aryl methyl sites for hydroxylation is 1. The van der Waals surface area contributed by atoms with Crippen molar-refractivity contribution in [2.24, 2.45) is 0 Å². The molecule has 0 radical (unpaired) electrons. The monoisotopic (exact) mass is 217 g/mol. The fourth-order valence-corrected chi connectivity index (χ4v) is 2.18. The number of aromatic nitrogens is 5. The molecule has 1 aliphatic rings. The number of rotatable bonds is 0. The molecule has 3 heterocycles. The number of hydrogen-bond acceptors (Lipinski definition) is 3. The van der Waals surface area contributed by atoms with Gasteiger partial charge in [-0.2, -0.15) is 5.10 Å². The second-order valence-electron chi connectivity index (χ2n) is 5.27. The molecule has 5 heteroatoms. The van der Waals surface area contributed by atoms with Gasteiger partial charge in [-0.1, -0.05) is 20.8 Å². The van der Waals surface area contributed by atoms with Gasteiger partial charge in [-0.25, -0.2) is 0 Å². The summed E-state index contributed by atoms with van der Waals surface area (Å²) < 4.78 is 2.19. The van der Waals surface area contributed by atoms with Gasteiger partial charge in [-0.15, -0.1) is 10.2 Å². The molecule has 2 aromatic heterocycles. The van der Waals surface area contributed by atoms with E-state index in [1.165, 1.54) is 5.56 Å². The number of aromatic amines is 1. The summed E-state index contributed by atoms with van der Waals surface area (Å²) in [5, 5.41) is 15.7. The largest absolute Gasteiger partial charge is 0.309 e. The average molecular weight is 217 g/mol. The zero-order valence-electron chi connectivity index (χ0n) is 9.78. The Morgan fingerprint density at radius 2 is 2.12 bits per heavy atom. The third-order valence-corrected chi connectivity index (χ3v) is 2.97. The van der Waals surface area contributed by atoms with Crippen LogP contribution in [0.3, 0.4) is 0 Å². The summed E-state index contributed by atoms with van der Waals surface area (Å²) in [5.41, 5.74) is 2.29. The lowest BCUT2D eigenvalue weighted by molar-refractivity contribution is 0.495. The Hall–Kier alpha value is -1.65. The van der Waals surface area contributed by atoms with Gasteiger partial charge in [-0.05, 0) is 6.42 Å². The van der Waals surface area contributed by atoms with Crippen LogP contribution in [0.1, 0.15) is 32.2 Å². The molecule has 0 amide bonds. The van der Waals surface area contributed by atoms with E-state index in [9.17, 15) is 0 Å². The average Bonchev–Trinajstić information content (AvgIpc) is 2.81. The fourth-order valence-electron chi connectivity index (χ4n) is 2.18. The molecule has 0 atom stereocenters. The normalized spacial score (nSPS) is 14.7. The molecule has 1 aliphatic heterocycles. The van der Waals surface area contributed by atoms with Crippen molar-refractivity contribution in [3.63, 3.8) is 0 Å². The standard InChI is InChI=1S/C11H15N5/c1-11(2,3)10-15-14-9-8-7(6-12-13-8)4-5-16(9)10/h6H,4-5H2,1-3H3,(H,12,13). The van der Waals surface area contributed by atoms with E-state index in [0.717, 1.165) is 30.3 Å². The third-order valence-electron chi connectivity index (χ3n) is 2.97. The molecule has 84 valence electrons. The van der Waals surface area contributed by atoms with Crippen molar-refractivity contribution in [3.05, 3.63) is 17.6 Å². The highest BCUT2D eigenvalue weighted by atomic mass is 15.3. The first-order valence-corrected chi connectivity index (χ1v) is 5.53. The van der Waals surface area contributed by atoms with Crippen LogP contribution in [0.25, 0.3) is 11.5 Å². The van der Waals surface area contributed by atoms with Crippen LogP contribution < -0.4 is 0 Å². The highest BCUT2D eigenvalue weighted by Crippen LogP contribution is 2.30. The van der Waals surface area contributed by atoms with Gasteiger partial charge in [-0.3, -0.25) is 5.10 Å². The van der Waals surface area contributed by atoms with Crippen molar-refractivity contribution < 1.29 is 0 Å². The summed E-state index contributed by atoms with van der Waals surface area (Å²) in [6, 6.07) is 0. The molecule has 0 fully saturated rings. The minimum absolute atomic E-state index is 0.0305. The lowest BCUT2D eigenvalue weighted by Crippen LogP contribution is -2.22. The van der Waals surface area contributed by atoms with Crippen LogP contribution in [-0.4, -0.2) is 25.0 Å². The first-order chi connectivity index (χ1) is 7.57. The molecule has 5 nitrogen and oxygen atoms in total. The van der Waals surface area contributed by atoms with Gasteiger partial charge in [0.1, 0.15) is 11.5 Å². The van der Waals surface area contributed by atoms with E-state index < -0.39 is 0 Å². The molecular formula is C11H15N5. The molecular weight excluding hydrogens is 202 g/mol. The van der Waals surface area contributed by atoms with Crippen LogP contribution in [0, 0.1) is 0 Å². The van der Waals surface area contributed by atoms with E-state index in [4.69, 9.17) is 0 Å². The first-order valence-electron chi connectivity index (χ1n) is 5.53. The van der Waals surface area contributed by atoms with E-state index in [1.807, 2.05) is 6.20 Å². The van der Waals surface area contributed by atoms with E-state index in [0.29, 0.717) is 0 Å². The quantitative estimate of drug-likeness (QED) is 0.727. The second kappa shape index (κ2) is 2.93. The van der Waals surface area contributed by atoms with Gasteiger partial charge >= 0.3 is 0 Å². The Labute approximate surface area is 93.9 Å². The van der Waals surface area contributed by atoms with Gasteiger partial charge in [0.15, 0.2) is 5.82 Å². The maximum absolute atomic E-state index is 4.31. The molecule has 0 saturated heterocycles. The van der Waals surface area contributed by atoms with Crippen molar-refractivity contribution >= 4 is 0 Å². The van der Waals surface area contributed by atoms with Crippen molar-refractivity contribution in [2.75, 3.05) is 0 Å². The molecule has 0 aromatic carbocycles. The first kappa shape index (κ1) is 9.57. The SMILES string of the molecule is CC(C)(C)c1nnc2n1CCc1cn[nH]c1-2. The smallest absolute Gasteiger partial charge is 0.182 e. The summed E-state index contributed by atoms with van der Waals surface area (Å²) in [7, 11) is 0. The number of hydrogen-bond donors (Lipinski definition) is 1. The summed E-state index contributed by atoms with van der Waals surface area (Å²) in [6.45, 7) is 7.42. The Bertz CT molecular complexity index is 529. The van der Waals surface area contributed by atoms with E-state index >= 15 is 0 Å². The molecule has 1 N–H and O–H groups in total. The number of nitrogens with one attached hydrogen (secondary N) is 1. The lowest BCUT2D eigenvalue weighted by atomic mass is 9.95. The van der Waals surface area contributed by atoms with E-state index in [2.05, 4.69) is 45.7 Å². The second-order valence-corrected chi connectivity index (χ2v) is 5.27. The number of nitrogens with zero attached hydrogens (tertiary/aromatic N) is 4. The van der Waals surface area contributed by atoms with Crippen molar-refractivity contribution in [1.29, 1.82) is 0 Å². The molecule has 16 heavy (non-hydrogen) atoms. The summed E-state index contributed by atoms with van der Waals surface area (Å²) in [6.07, 6.45) is 2.88. The lowest BCUT2D eigenvalue weighted by Gasteiger charge is -2.21. The maximum Gasteiger partial charge on any atom is 0.182 e. The van der Waals surface area contributed by atoms with Crippen LogP contribution in [0.4, 0.5) is 0 Å². The summed E-state index contributed by atoms with van der Waals surface area (Å²) in [5.74, 6) is 1.96. The minimum Gasteiger partial charge on any atom is -0.309 e. The van der Waals surface area contributed by atoms with Crippen LogP contribution in [-0.2, 0) is 18.4 Å². The van der Waals surface area contributed by atoms with Gasteiger partial charge in [0.05, 0.1) is 6.20 Å².